The van der Waals surface area contributed by atoms with Gasteiger partial charge in [0.2, 0.25) is 0 Å². The van der Waals surface area contributed by atoms with Crippen molar-refractivity contribution in [3.05, 3.63) is 47.2 Å². The number of likely N-dealkylation sites (N-methyl/N-ethyl adjacent to an activating group) is 1. The smallest absolute Gasteiger partial charge is 0.274 e. The Balaban J connectivity index is 1.37. The van der Waals surface area contributed by atoms with Gasteiger partial charge in [-0.3, -0.25) is 4.79 Å². The quantitative estimate of drug-likeness (QED) is 0.791. The predicted molar refractivity (Wildman–Crippen MR) is 116 cm³/mol. The van der Waals surface area contributed by atoms with Crippen molar-refractivity contribution >= 4 is 17.4 Å². The normalized spacial score (nSPS) is 18.2. The van der Waals surface area contributed by atoms with Gasteiger partial charge in [-0.05, 0) is 50.2 Å². The second-order valence-electron chi connectivity index (χ2n) is 8.07. The molecule has 7 heteroatoms. The molecule has 0 atom stereocenters. The van der Waals surface area contributed by atoms with Gasteiger partial charge in [0.15, 0.2) is 11.5 Å². The lowest BCUT2D eigenvalue weighted by atomic mass is 10.1. The second kappa shape index (κ2) is 8.37. The summed E-state index contributed by atoms with van der Waals surface area (Å²) in [4.78, 5) is 21.4. The van der Waals surface area contributed by atoms with Gasteiger partial charge >= 0.3 is 0 Å². The summed E-state index contributed by atoms with van der Waals surface area (Å²) in [5, 5.41) is 8.60. The number of aromatic nitrogens is 2. The molecule has 2 aliphatic heterocycles. The number of hydrogen-bond acceptors (Lipinski definition) is 6. The molecule has 4 rings (SSSR count). The number of hydrogen-bond donors (Lipinski definition) is 0. The van der Waals surface area contributed by atoms with Crippen molar-refractivity contribution in [2.75, 3.05) is 69.2 Å². The fourth-order valence-electron chi connectivity index (χ4n) is 4.03. The Morgan fingerprint density at radius 3 is 2.17 bits per heavy atom. The van der Waals surface area contributed by atoms with Crippen LogP contribution in [-0.2, 0) is 0 Å². The number of carbonyl (C=O) groups is 1. The molecule has 2 fully saturated rings. The van der Waals surface area contributed by atoms with Crippen LogP contribution < -0.4 is 9.80 Å². The maximum absolute atomic E-state index is 12.6. The zero-order chi connectivity index (χ0) is 20.4. The number of carbonyl (C=O) groups excluding carboxylic acids is 1. The van der Waals surface area contributed by atoms with E-state index < -0.39 is 0 Å². The number of rotatable bonds is 3. The number of benzene rings is 1. The first kappa shape index (κ1) is 19.6. The van der Waals surface area contributed by atoms with E-state index in [0.717, 1.165) is 58.2 Å². The zero-order valence-corrected chi connectivity index (χ0v) is 17.6. The Hall–Kier alpha value is -2.67. The van der Waals surface area contributed by atoms with Crippen molar-refractivity contribution in [1.29, 1.82) is 0 Å². The lowest BCUT2D eigenvalue weighted by molar-refractivity contribution is 0.0657. The molecule has 2 aliphatic rings. The highest BCUT2D eigenvalue weighted by Crippen LogP contribution is 2.24. The Morgan fingerprint density at radius 1 is 0.828 bits per heavy atom. The van der Waals surface area contributed by atoms with Crippen LogP contribution in [0.15, 0.2) is 30.3 Å². The van der Waals surface area contributed by atoms with Gasteiger partial charge in [0.05, 0.1) is 0 Å². The monoisotopic (exact) mass is 394 g/mol. The third-order valence-electron chi connectivity index (χ3n) is 6.18. The number of amides is 1. The number of nitrogens with zero attached hydrogens (tertiary/aromatic N) is 6. The molecule has 2 saturated heterocycles. The van der Waals surface area contributed by atoms with Crippen molar-refractivity contribution in [1.82, 2.24) is 20.0 Å². The molecule has 1 aromatic heterocycles. The summed E-state index contributed by atoms with van der Waals surface area (Å²) in [5.74, 6) is 0.831. The molecule has 0 spiro atoms. The molecular formula is C22H30N6O. The molecule has 0 unspecified atom stereocenters. The van der Waals surface area contributed by atoms with Gasteiger partial charge in [-0.1, -0.05) is 12.1 Å². The van der Waals surface area contributed by atoms with Crippen molar-refractivity contribution < 1.29 is 4.79 Å². The van der Waals surface area contributed by atoms with Gasteiger partial charge in [-0.25, -0.2) is 0 Å². The van der Waals surface area contributed by atoms with Gasteiger partial charge in [-0.2, -0.15) is 0 Å². The molecule has 29 heavy (non-hydrogen) atoms. The second-order valence-corrected chi connectivity index (χ2v) is 8.07. The molecule has 0 N–H and O–H groups in total. The molecule has 0 aliphatic carbocycles. The summed E-state index contributed by atoms with van der Waals surface area (Å²) in [6, 6.07) is 10.3. The minimum Gasteiger partial charge on any atom is -0.368 e. The maximum Gasteiger partial charge on any atom is 0.274 e. The SMILES string of the molecule is Cc1cccc(N2CCN(c3ccc(C(=O)N4CCN(C)CC4)nn3)CC2)c1C. The Morgan fingerprint density at radius 2 is 1.52 bits per heavy atom. The fourth-order valence-corrected chi connectivity index (χ4v) is 4.03. The highest BCUT2D eigenvalue weighted by atomic mass is 16.2. The number of piperazine rings is 2. The van der Waals surface area contributed by atoms with Crippen molar-refractivity contribution in [3.8, 4) is 0 Å². The summed E-state index contributed by atoms with van der Waals surface area (Å²) >= 11 is 0. The molecule has 1 aromatic carbocycles. The molecule has 1 amide bonds. The summed E-state index contributed by atoms with van der Waals surface area (Å²) in [5.41, 5.74) is 4.44. The molecule has 7 nitrogen and oxygen atoms in total. The zero-order valence-electron chi connectivity index (χ0n) is 17.6. The van der Waals surface area contributed by atoms with Crippen LogP contribution in [0.25, 0.3) is 0 Å². The number of aryl methyl sites for hydroxylation is 1. The van der Waals surface area contributed by atoms with Crippen LogP contribution in [-0.4, -0.2) is 85.3 Å². The van der Waals surface area contributed by atoms with Crippen LogP contribution in [0.1, 0.15) is 21.6 Å². The summed E-state index contributed by atoms with van der Waals surface area (Å²) in [6.45, 7) is 11.4. The van der Waals surface area contributed by atoms with Gasteiger partial charge in [0.25, 0.3) is 5.91 Å². The van der Waals surface area contributed by atoms with Gasteiger partial charge < -0.3 is 19.6 Å². The molecule has 0 saturated carbocycles. The Bertz CT molecular complexity index is 852. The van der Waals surface area contributed by atoms with E-state index in [9.17, 15) is 4.79 Å². The summed E-state index contributed by atoms with van der Waals surface area (Å²) < 4.78 is 0. The van der Waals surface area contributed by atoms with Gasteiger partial charge in [0, 0.05) is 58.0 Å². The van der Waals surface area contributed by atoms with Crippen LogP contribution in [0.3, 0.4) is 0 Å². The van der Waals surface area contributed by atoms with Crippen molar-refractivity contribution in [2.45, 2.75) is 13.8 Å². The lowest BCUT2D eigenvalue weighted by Crippen LogP contribution is -2.48. The standard InChI is InChI=1S/C22H30N6O/c1-17-5-4-6-20(18(17)2)26-13-15-27(16-14-26)21-8-7-19(23-24-21)22(29)28-11-9-25(3)10-12-28/h4-8H,9-16H2,1-3H3. The van der Waals surface area contributed by atoms with E-state index in [1.54, 1.807) is 0 Å². The third-order valence-corrected chi connectivity index (χ3v) is 6.18. The van der Waals surface area contributed by atoms with E-state index >= 15 is 0 Å². The average Bonchev–Trinajstić information content (AvgIpc) is 2.76. The first-order valence-electron chi connectivity index (χ1n) is 10.4. The maximum atomic E-state index is 12.6. The topological polar surface area (TPSA) is 55.8 Å². The molecule has 0 radical (unpaired) electrons. The van der Waals surface area contributed by atoms with Crippen LogP contribution in [0.4, 0.5) is 11.5 Å². The Labute approximate surface area is 172 Å². The third kappa shape index (κ3) is 4.19. The predicted octanol–water partition coefficient (Wildman–Crippen LogP) is 1.81. The van der Waals surface area contributed by atoms with Crippen LogP contribution in [0.5, 0.6) is 0 Å². The number of anilines is 2. The summed E-state index contributed by atoms with van der Waals surface area (Å²) in [7, 11) is 2.08. The highest BCUT2D eigenvalue weighted by molar-refractivity contribution is 5.92. The van der Waals surface area contributed by atoms with Gasteiger partial charge in [-0.15, -0.1) is 10.2 Å². The van der Waals surface area contributed by atoms with Crippen molar-refractivity contribution in [3.63, 3.8) is 0 Å². The minimum atomic E-state index is -0.0168. The van der Waals surface area contributed by atoms with E-state index in [1.165, 1.54) is 16.8 Å². The van der Waals surface area contributed by atoms with E-state index in [-0.39, 0.29) is 5.91 Å². The fraction of sp³-hybridized carbons (Fsp3) is 0.500. The van der Waals surface area contributed by atoms with Crippen LogP contribution >= 0.6 is 0 Å². The first-order valence-corrected chi connectivity index (χ1v) is 10.4. The van der Waals surface area contributed by atoms with Crippen LogP contribution in [0, 0.1) is 13.8 Å². The van der Waals surface area contributed by atoms with E-state index in [2.05, 4.69) is 64.0 Å². The largest absolute Gasteiger partial charge is 0.368 e. The van der Waals surface area contributed by atoms with E-state index in [4.69, 9.17) is 0 Å². The molecule has 3 heterocycles. The van der Waals surface area contributed by atoms with Gasteiger partial charge in [0.1, 0.15) is 0 Å². The molecule has 154 valence electrons. The van der Waals surface area contributed by atoms with E-state index in [1.807, 2.05) is 17.0 Å². The average molecular weight is 395 g/mol. The summed E-state index contributed by atoms with van der Waals surface area (Å²) in [6.07, 6.45) is 0. The van der Waals surface area contributed by atoms with Crippen LogP contribution in [0.2, 0.25) is 0 Å². The molecule has 2 aromatic rings. The molecular weight excluding hydrogens is 364 g/mol. The highest BCUT2D eigenvalue weighted by Gasteiger charge is 2.23. The van der Waals surface area contributed by atoms with Crippen molar-refractivity contribution in [2.24, 2.45) is 0 Å². The lowest BCUT2D eigenvalue weighted by Gasteiger charge is -2.37. The molecule has 0 bridgehead atoms. The Kier molecular flexibility index (Phi) is 5.67. The first-order chi connectivity index (χ1) is 14.0. The minimum absolute atomic E-state index is 0.0168. The van der Waals surface area contributed by atoms with E-state index in [0.29, 0.717) is 5.69 Å².